The molecular formula is C20H22F2N6O3S. The third-order valence-corrected chi connectivity index (χ3v) is 5.82. The number of benzene rings is 1. The number of rotatable bonds is 7. The Morgan fingerprint density at radius 2 is 2.06 bits per heavy atom. The smallest absolute Gasteiger partial charge is 0.292 e. The molecule has 0 aliphatic carbocycles. The van der Waals surface area contributed by atoms with E-state index in [1.165, 1.54) is 12.1 Å². The molecule has 0 spiro atoms. The maximum atomic E-state index is 14.0. The summed E-state index contributed by atoms with van der Waals surface area (Å²) < 4.78 is 27.4. The summed E-state index contributed by atoms with van der Waals surface area (Å²) in [6.45, 7) is 3.76. The maximum absolute atomic E-state index is 14.0. The first-order chi connectivity index (χ1) is 15.2. The van der Waals surface area contributed by atoms with Crippen molar-refractivity contribution >= 4 is 34.6 Å². The van der Waals surface area contributed by atoms with Crippen molar-refractivity contribution in [1.29, 1.82) is 0 Å². The number of nitrogens with zero attached hydrogens (tertiary/aromatic N) is 4. The number of nitrogens with one attached hydrogen (secondary N) is 2. The number of aliphatic hydroxyl groups excluding tert-OH is 1. The second-order valence-corrected chi connectivity index (χ2v) is 8.97. The molecule has 3 heterocycles. The predicted molar refractivity (Wildman–Crippen MR) is 117 cm³/mol. The van der Waals surface area contributed by atoms with Crippen LogP contribution in [0.1, 0.15) is 19.4 Å². The van der Waals surface area contributed by atoms with Gasteiger partial charge in [0.05, 0.1) is 12.2 Å². The van der Waals surface area contributed by atoms with Gasteiger partial charge >= 0.3 is 0 Å². The largest absolute Gasteiger partial charge is 0.394 e. The molecule has 1 saturated heterocycles. The third kappa shape index (κ3) is 4.52. The molecule has 170 valence electrons. The third-order valence-electron chi connectivity index (χ3n) is 4.92. The lowest BCUT2D eigenvalue weighted by molar-refractivity contribution is 0.0304. The van der Waals surface area contributed by atoms with Gasteiger partial charge in [-0.1, -0.05) is 23.9 Å². The molecule has 1 aromatic carbocycles. The first-order valence-electron chi connectivity index (χ1n) is 9.89. The first kappa shape index (κ1) is 22.4. The number of halogens is 2. The van der Waals surface area contributed by atoms with Crippen molar-refractivity contribution < 1.29 is 19.0 Å². The number of hydrogen-bond acceptors (Lipinski definition) is 9. The van der Waals surface area contributed by atoms with E-state index in [1.54, 1.807) is 18.7 Å². The van der Waals surface area contributed by atoms with Crippen LogP contribution in [0.15, 0.2) is 28.2 Å². The van der Waals surface area contributed by atoms with Crippen molar-refractivity contribution in [2.45, 2.75) is 36.4 Å². The lowest BCUT2D eigenvalue weighted by Gasteiger charge is -2.44. The molecule has 2 aromatic heterocycles. The number of thioether (sulfide) groups is 1. The number of β-amino-alcohol motifs (C(OH)–C–C–N with tert-alkyl or cyclic N) is 1. The van der Waals surface area contributed by atoms with Crippen LogP contribution in [0.25, 0.3) is 11.2 Å². The van der Waals surface area contributed by atoms with Gasteiger partial charge in [-0.3, -0.25) is 4.79 Å². The summed E-state index contributed by atoms with van der Waals surface area (Å²) in [6.07, 6.45) is 0. The quantitative estimate of drug-likeness (QED) is 0.305. The fraction of sp³-hybridized carbons (Fsp3) is 0.400. The SMILES string of the molecule is CC(CO)Nc1nc(SCc2cccc(F)c2F)nc2[nH]c(=O)c(N3CC(C)(O)C3)nc12. The lowest BCUT2D eigenvalue weighted by atomic mass is 9.97. The molecule has 12 heteroatoms. The molecule has 1 aliphatic heterocycles. The molecule has 0 bridgehead atoms. The number of aromatic amines is 1. The normalized spacial score (nSPS) is 16.1. The van der Waals surface area contributed by atoms with Crippen molar-refractivity contribution in [3.8, 4) is 0 Å². The number of fused-ring (bicyclic) bond motifs is 1. The molecule has 4 N–H and O–H groups in total. The van der Waals surface area contributed by atoms with E-state index in [2.05, 4.69) is 25.3 Å². The number of H-pyrrole nitrogens is 1. The van der Waals surface area contributed by atoms with Crippen LogP contribution < -0.4 is 15.8 Å². The molecule has 1 atom stereocenters. The van der Waals surface area contributed by atoms with Gasteiger partial charge in [0, 0.05) is 30.4 Å². The van der Waals surface area contributed by atoms with Crippen LogP contribution in [0.2, 0.25) is 0 Å². The lowest BCUT2D eigenvalue weighted by Crippen LogP contribution is -2.61. The fourth-order valence-corrected chi connectivity index (χ4v) is 4.15. The average Bonchev–Trinajstić information content (AvgIpc) is 2.72. The highest BCUT2D eigenvalue weighted by atomic mass is 32.2. The minimum absolute atomic E-state index is 0.0721. The van der Waals surface area contributed by atoms with Crippen LogP contribution in [-0.2, 0) is 5.75 Å². The van der Waals surface area contributed by atoms with Gasteiger partial charge in [0.25, 0.3) is 5.56 Å². The molecule has 32 heavy (non-hydrogen) atoms. The predicted octanol–water partition coefficient (Wildman–Crippen LogP) is 1.65. The van der Waals surface area contributed by atoms with Gasteiger partial charge in [0.15, 0.2) is 39.6 Å². The number of aromatic nitrogens is 4. The molecular weight excluding hydrogens is 442 g/mol. The minimum Gasteiger partial charge on any atom is -0.394 e. The summed E-state index contributed by atoms with van der Waals surface area (Å²) in [6, 6.07) is 3.56. The summed E-state index contributed by atoms with van der Waals surface area (Å²) in [5, 5.41) is 22.7. The van der Waals surface area contributed by atoms with Gasteiger partial charge in [0.1, 0.15) is 0 Å². The van der Waals surface area contributed by atoms with Gasteiger partial charge in [-0.05, 0) is 19.9 Å². The van der Waals surface area contributed by atoms with E-state index in [9.17, 15) is 23.8 Å². The van der Waals surface area contributed by atoms with Gasteiger partial charge in [-0.15, -0.1) is 0 Å². The molecule has 1 fully saturated rings. The van der Waals surface area contributed by atoms with E-state index in [1.807, 2.05) is 0 Å². The van der Waals surface area contributed by atoms with E-state index < -0.39 is 22.8 Å². The van der Waals surface area contributed by atoms with Gasteiger partial charge in [-0.25, -0.2) is 23.7 Å². The number of anilines is 2. The molecule has 1 aliphatic rings. The summed E-state index contributed by atoms with van der Waals surface area (Å²) in [7, 11) is 0. The van der Waals surface area contributed by atoms with E-state index in [4.69, 9.17) is 0 Å². The zero-order valence-corrected chi connectivity index (χ0v) is 18.2. The second-order valence-electron chi connectivity index (χ2n) is 8.02. The van der Waals surface area contributed by atoms with Crippen LogP contribution in [0.4, 0.5) is 20.4 Å². The zero-order chi connectivity index (χ0) is 23.0. The Kier molecular flexibility index (Phi) is 6.01. The zero-order valence-electron chi connectivity index (χ0n) is 17.4. The Labute approximate surface area is 185 Å². The summed E-state index contributed by atoms with van der Waals surface area (Å²) in [5.41, 5.74) is -0.758. The van der Waals surface area contributed by atoms with Crippen LogP contribution in [0, 0.1) is 11.6 Å². The Morgan fingerprint density at radius 1 is 1.31 bits per heavy atom. The van der Waals surface area contributed by atoms with Gasteiger partial charge < -0.3 is 25.4 Å². The maximum Gasteiger partial charge on any atom is 0.292 e. The average molecular weight is 464 g/mol. The summed E-state index contributed by atoms with van der Waals surface area (Å²) >= 11 is 1.07. The summed E-state index contributed by atoms with van der Waals surface area (Å²) in [4.78, 5) is 30.1. The van der Waals surface area contributed by atoms with Crippen LogP contribution in [-0.4, -0.2) is 61.5 Å². The van der Waals surface area contributed by atoms with Crippen LogP contribution in [0.5, 0.6) is 0 Å². The van der Waals surface area contributed by atoms with E-state index in [-0.39, 0.29) is 65.0 Å². The van der Waals surface area contributed by atoms with Gasteiger partial charge in [0.2, 0.25) is 0 Å². The monoisotopic (exact) mass is 464 g/mol. The highest BCUT2D eigenvalue weighted by molar-refractivity contribution is 7.98. The Morgan fingerprint density at radius 3 is 2.75 bits per heavy atom. The minimum atomic E-state index is -0.937. The molecule has 0 saturated carbocycles. The molecule has 1 unspecified atom stereocenters. The molecule has 4 rings (SSSR count). The molecule has 3 aromatic rings. The summed E-state index contributed by atoms with van der Waals surface area (Å²) in [5.74, 6) is -1.38. The highest BCUT2D eigenvalue weighted by Crippen LogP contribution is 2.28. The van der Waals surface area contributed by atoms with Crippen LogP contribution in [0.3, 0.4) is 0 Å². The standard InChI is InChI=1S/C20H22F2N6O3S/c1-10(6-29)23-15-14-16(25-18(30)17(24-14)28-8-20(2,31)9-28)27-19(26-15)32-7-11-4-3-5-12(21)13(11)22/h3-5,10,29,31H,6-9H2,1-2H3,(H2,23,25,26,27,30). The van der Waals surface area contributed by atoms with Crippen LogP contribution >= 0.6 is 11.8 Å². The molecule has 9 nitrogen and oxygen atoms in total. The Hall–Kier alpha value is -2.83. The molecule has 0 radical (unpaired) electrons. The van der Waals surface area contributed by atoms with Crippen molar-refractivity contribution in [2.75, 3.05) is 29.9 Å². The van der Waals surface area contributed by atoms with Crippen molar-refractivity contribution in [3.05, 3.63) is 45.8 Å². The second kappa shape index (κ2) is 8.60. The van der Waals surface area contributed by atoms with Crippen molar-refractivity contribution in [3.63, 3.8) is 0 Å². The van der Waals surface area contributed by atoms with E-state index in [0.717, 1.165) is 17.8 Å². The van der Waals surface area contributed by atoms with Gasteiger partial charge in [-0.2, -0.15) is 0 Å². The highest BCUT2D eigenvalue weighted by Gasteiger charge is 2.38. The Balaban J connectivity index is 1.70. The molecule has 0 amide bonds. The number of hydrogen-bond donors (Lipinski definition) is 4. The van der Waals surface area contributed by atoms with E-state index >= 15 is 0 Å². The van der Waals surface area contributed by atoms with Crippen molar-refractivity contribution in [2.24, 2.45) is 0 Å². The van der Waals surface area contributed by atoms with Crippen molar-refractivity contribution in [1.82, 2.24) is 19.9 Å². The fourth-order valence-electron chi connectivity index (χ4n) is 3.33. The topological polar surface area (TPSA) is 127 Å². The Bertz CT molecular complexity index is 1210. The van der Waals surface area contributed by atoms with E-state index in [0.29, 0.717) is 0 Å². The number of aliphatic hydroxyl groups is 2. The first-order valence-corrected chi connectivity index (χ1v) is 10.9.